The molecule has 0 aliphatic carbocycles. The molecule has 0 radical (unpaired) electrons. The van der Waals surface area contributed by atoms with E-state index in [9.17, 15) is 0 Å². The third-order valence-corrected chi connectivity index (χ3v) is 23.5. The molecule has 0 N–H and O–H groups in total. The van der Waals surface area contributed by atoms with Crippen LogP contribution in [0.3, 0.4) is 0 Å². The molecule has 6 nitrogen and oxygen atoms in total. The SMILES string of the molecule is c1ccc(-n2c3ccccc3c3cc(-c4ccc(N(c5cc6ccccc6c6ccccc56)c5cccc6c5oc5c7ccccc7ccc65)cc4)ccc32)cc1.c1ccc(-n2c3ccccc3c3cc(-c4ccc(N(c5ccc6c(ccc7ccccc76)c5)c5cccc6c5oc5c7ccccc7ccc65)cc4)ccc32)cc1. The third-order valence-electron chi connectivity index (χ3n) is 23.5. The summed E-state index contributed by atoms with van der Waals surface area (Å²) in [6.07, 6.45) is 0. The van der Waals surface area contributed by atoms with Gasteiger partial charge in [-0.25, -0.2) is 0 Å². The van der Waals surface area contributed by atoms with Crippen molar-refractivity contribution < 1.29 is 8.83 Å². The first-order valence-electron chi connectivity index (χ1n) is 39.0. The Kier molecular flexibility index (Phi) is 14.9. The van der Waals surface area contributed by atoms with Crippen molar-refractivity contribution in [1.82, 2.24) is 9.13 Å². The van der Waals surface area contributed by atoms with Crippen LogP contribution in [0.5, 0.6) is 0 Å². The fourth-order valence-corrected chi connectivity index (χ4v) is 18.2. The Morgan fingerprint density at radius 1 is 0.167 bits per heavy atom. The lowest BCUT2D eigenvalue weighted by Gasteiger charge is -2.27. The maximum atomic E-state index is 6.98. The summed E-state index contributed by atoms with van der Waals surface area (Å²) in [7, 11) is 0. The van der Waals surface area contributed by atoms with E-state index >= 15 is 0 Å². The summed E-state index contributed by atoms with van der Waals surface area (Å²) in [5, 5.41) is 23.8. The first-order chi connectivity index (χ1) is 56.5. The van der Waals surface area contributed by atoms with E-state index in [1.54, 1.807) is 0 Å². The van der Waals surface area contributed by atoms with E-state index in [1.165, 1.54) is 109 Å². The highest BCUT2D eigenvalue weighted by atomic mass is 16.3. The number of anilines is 6. The highest BCUT2D eigenvalue weighted by Crippen LogP contribution is 2.50. The number of benzene rings is 20. The van der Waals surface area contributed by atoms with E-state index in [4.69, 9.17) is 8.83 Å². The number of nitrogens with zero attached hydrogens (tertiary/aromatic N) is 4. The van der Waals surface area contributed by atoms with Crippen molar-refractivity contribution in [3.05, 3.63) is 413 Å². The summed E-state index contributed by atoms with van der Waals surface area (Å²) < 4.78 is 18.6. The number of hydrogen-bond acceptors (Lipinski definition) is 4. The number of furan rings is 2. The minimum Gasteiger partial charge on any atom is -0.453 e. The highest BCUT2D eigenvalue weighted by molar-refractivity contribution is 6.22. The molecule has 0 bridgehead atoms. The van der Waals surface area contributed by atoms with Crippen LogP contribution in [0, 0.1) is 0 Å². The van der Waals surface area contributed by atoms with Crippen LogP contribution in [0.15, 0.2) is 421 Å². The lowest BCUT2D eigenvalue weighted by molar-refractivity contribution is 0.672. The van der Waals surface area contributed by atoms with E-state index in [-0.39, 0.29) is 0 Å². The molecule has 0 unspecified atom stereocenters. The van der Waals surface area contributed by atoms with Gasteiger partial charge in [0.1, 0.15) is 11.2 Å². The van der Waals surface area contributed by atoms with Gasteiger partial charge in [0, 0.05) is 87.7 Å². The molecule has 114 heavy (non-hydrogen) atoms. The maximum Gasteiger partial charge on any atom is 0.159 e. The van der Waals surface area contributed by atoms with E-state index in [0.29, 0.717) is 0 Å². The van der Waals surface area contributed by atoms with Gasteiger partial charge in [-0.15, -0.1) is 0 Å². The monoisotopic (exact) mass is 1450 g/mol. The van der Waals surface area contributed by atoms with Crippen LogP contribution in [-0.4, -0.2) is 9.13 Å². The van der Waals surface area contributed by atoms with Crippen LogP contribution < -0.4 is 9.80 Å². The normalized spacial score (nSPS) is 11.9. The average molecular weight is 1450 g/mol. The second-order valence-corrected chi connectivity index (χ2v) is 29.8. The van der Waals surface area contributed by atoms with Crippen LogP contribution >= 0.6 is 0 Å². The molecular formula is C108H68N4O2. The molecule has 0 aliphatic heterocycles. The van der Waals surface area contributed by atoms with Gasteiger partial charge >= 0.3 is 0 Å². The zero-order valence-corrected chi connectivity index (χ0v) is 61.9. The van der Waals surface area contributed by atoms with Crippen LogP contribution in [0.25, 0.3) is 186 Å². The Morgan fingerprint density at radius 3 is 1.04 bits per heavy atom. The fourth-order valence-electron chi connectivity index (χ4n) is 18.2. The van der Waals surface area contributed by atoms with Gasteiger partial charge in [0.05, 0.1) is 39.1 Å². The van der Waals surface area contributed by atoms with E-state index in [1.807, 2.05) is 0 Å². The molecule has 24 aromatic rings. The van der Waals surface area contributed by atoms with Gasteiger partial charge in [0.15, 0.2) is 11.2 Å². The highest BCUT2D eigenvalue weighted by Gasteiger charge is 2.26. The predicted molar refractivity (Wildman–Crippen MR) is 481 cm³/mol. The molecule has 6 heteroatoms. The molecule has 0 atom stereocenters. The van der Waals surface area contributed by atoms with Crippen LogP contribution in [0.1, 0.15) is 0 Å². The van der Waals surface area contributed by atoms with Crippen LogP contribution in [-0.2, 0) is 0 Å². The smallest absolute Gasteiger partial charge is 0.159 e. The van der Waals surface area contributed by atoms with E-state index in [2.05, 4.69) is 431 Å². The van der Waals surface area contributed by atoms with Crippen molar-refractivity contribution in [2.24, 2.45) is 0 Å². The molecule has 4 aromatic heterocycles. The molecule has 0 aliphatic rings. The number of para-hydroxylation sites is 6. The van der Waals surface area contributed by atoms with Crippen molar-refractivity contribution in [1.29, 1.82) is 0 Å². The molecule has 0 amide bonds. The Bertz CT molecular complexity index is 7990. The van der Waals surface area contributed by atoms with Gasteiger partial charge in [-0.05, 0) is 198 Å². The molecule has 0 spiro atoms. The van der Waals surface area contributed by atoms with Gasteiger partial charge in [0.2, 0.25) is 0 Å². The lowest BCUT2D eigenvalue weighted by Crippen LogP contribution is -2.11. The Labute approximate surface area is 655 Å². The quantitative estimate of drug-likeness (QED) is 0.128. The molecule has 24 rings (SSSR count). The van der Waals surface area contributed by atoms with Crippen LogP contribution in [0.2, 0.25) is 0 Å². The minimum atomic E-state index is 0.866. The summed E-state index contributed by atoms with van der Waals surface area (Å²) >= 11 is 0. The van der Waals surface area contributed by atoms with Crippen molar-refractivity contribution in [3.63, 3.8) is 0 Å². The van der Waals surface area contributed by atoms with Gasteiger partial charge in [-0.2, -0.15) is 0 Å². The fraction of sp³-hybridized carbons (Fsp3) is 0. The molecular weight excluding hydrogens is 1390 g/mol. The molecule has 0 saturated carbocycles. The van der Waals surface area contributed by atoms with Gasteiger partial charge in [-0.1, -0.05) is 285 Å². The maximum absolute atomic E-state index is 6.98. The summed E-state index contributed by atoms with van der Waals surface area (Å²) in [5.74, 6) is 0. The van der Waals surface area contributed by atoms with Crippen LogP contribution in [0.4, 0.5) is 34.1 Å². The largest absolute Gasteiger partial charge is 0.453 e. The minimum absolute atomic E-state index is 0.866. The topological polar surface area (TPSA) is 42.6 Å². The summed E-state index contributed by atoms with van der Waals surface area (Å²) in [6, 6.07) is 149. The molecule has 0 fully saturated rings. The Balaban J connectivity index is 0.000000135. The average Bonchev–Trinajstić information content (AvgIpc) is 1.50. The van der Waals surface area contributed by atoms with E-state index in [0.717, 1.165) is 111 Å². The first-order valence-corrected chi connectivity index (χ1v) is 39.0. The summed E-state index contributed by atoms with van der Waals surface area (Å²) in [6.45, 7) is 0. The van der Waals surface area contributed by atoms with Crippen molar-refractivity contribution >= 4 is 186 Å². The Hall–Kier alpha value is -15.2. The van der Waals surface area contributed by atoms with Crippen molar-refractivity contribution in [2.45, 2.75) is 0 Å². The van der Waals surface area contributed by atoms with Gasteiger partial charge < -0.3 is 27.8 Å². The molecule has 0 saturated heterocycles. The molecule has 20 aromatic carbocycles. The van der Waals surface area contributed by atoms with Crippen molar-refractivity contribution in [3.8, 4) is 33.6 Å². The Morgan fingerprint density at radius 2 is 0.509 bits per heavy atom. The third kappa shape index (κ3) is 10.4. The molecule has 532 valence electrons. The number of rotatable bonds is 10. The lowest BCUT2D eigenvalue weighted by atomic mass is 9.98. The zero-order chi connectivity index (χ0) is 74.9. The van der Waals surface area contributed by atoms with Gasteiger partial charge in [0.25, 0.3) is 0 Å². The first kappa shape index (κ1) is 64.7. The predicted octanol–water partition coefficient (Wildman–Crippen LogP) is 30.6. The summed E-state index contributed by atoms with van der Waals surface area (Å²) in [4.78, 5) is 4.74. The number of hydrogen-bond donors (Lipinski definition) is 0. The number of aromatic nitrogens is 2. The second kappa shape index (κ2) is 26.2. The standard InChI is InChI=1S/2C54H34N2O/c1-2-15-39(16-3-1)55-49-23-11-10-21-45(49)48-33-37(28-32-50(48)55)35-25-29-40(30-26-35)56(52-34-38-14-5-6-17-41(38)43-19-8-9-20-44(43)52)51-24-12-22-46-47-31-27-36-13-4-7-18-42(36)53(47)57-54(46)51;1-2-13-40(14-3-1)56-50-19-9-8-17-46(50)49-34-38(26-32-51(49)56)35-23-27-41(28-24-35)55(42-29-31-44-39(33-42)22-21-36-11-4-6-15-43(36)44)52-20-10-18-47-48-30-25-37-12-5-7-16-45(37)53(48)57-54(47)52/h2*1-34H. The van der Waals surface area contributed by atoms with Crippen molar-refractivity contribution in [2.75, 3.05) is 9.80 Å². The second-order valence-electron chi connectivity index (χ2n) is 29.8. The van der Waals surface area contributed by atoms with Gasteiger partial charge in [-0.3, -0.25) is 0 Å². The molecule has 4 heterocycles. The number of fused-ring (bicyclic) bond motifs is 22. The van der Waals surface area contributed by atoms with E-state index < -0.39 is 0 Å². The zero-order valence-electron chi connectivity index (χ0n) is 61.9. The summed E-state index contributed by atoms with van der Waals surface area (Å²) in [5.41, 5.74) is 21.7.